The maximum atomic E-state index is 5.31. The molecule has 0 saturated heterocycles. The smallest absolute Gasteiger partial charge is 0.106 e. The van der Waals surface area contributed by atoms with Crippen LogP contribution < -0.4 is 0 Å². The normalized spacial score (nSPS) is 11.1. The molecule has 0 saturated carbocycles. The zero-order chi connectivity index (χ0) is 14.0. The molecule has 0 bridgehead atoms. The molecule has 0 aliphatic rings. The van der Waals surface area contributed by atoms with Crippen molar-refractivity contribution in [1.29, 1.82) is 0 Å². The molecular formula is C14H30O5. The van der Waals surface area contributed by atoms with Crippen LogP contribution in [0.25, 0.3) is 0 Å². The van der Waals surface area contributed by atoms with Crippen molar-refractivity contribution < 1.29 is 24.0 Å². The fourth-order valence-electron chi connectivity index (χ4n) is 1.38. The third kappa shape index (κ3) is 17.8. The van der Waals surface area contributed by atoms with Gasteiger partial charge >= 0.3 is 0 Å². The third-order valence-electron chi connectivity index (χ3n) is 2.42. The SMILES string of the molecule is CCCCCCOOCCOCCOCCOCC. The van der Waals surface area contributed by atoms with E-state index in [9.17, 15) is 0 Å². The Morgan fingerprint density at radius 2 is 1.11 bits per heavy atom. The predicted molar refractivity (Wildman–Crippen MR) is 74.2 cm³/mol. The molecule has 0 rings (SSSR count). The summed E-state index contributed by atoms with van der Waals surface area (Å²) in [5.74, 6) is 0. The van der Waals surface area contributed by atoms with Crippen LogP contribution in [0.2, 0.25) is 0 Å². The minimum Gasteiger partial charge on any atom is -0.379 e. The highest BCUT2D eigenvalue weighted by Crippen LogP contribution is 1.98. The van der Waals surface area contributed by atoms with Crippen LogP contribution in [0.1, 0.15) is 39.5 Å². The summed E-state index contributed by atoms with van der Waals surface area (Å²) in [6.45, 7) is 8.98. The first-order valence-corrected chi connectivity index (χ1v) is 7.39. The second kappa shape index (κ2) is 17.8. The van der Waals surface area contributed by atoms with Crippen LogP contribution in [0.4, 0.5) is 0 Å². The maximum absolute atomic E-state index is 5.31. The molecule has 19 heavy (non-hydrogen) atoms. The molecule has 116 valence electrons. The van der Waals surface area contributed by atoms with Crippen LogP contribution >= 0.6 is 0 Å². The topological polar surface area (TPSA) is 46.2 Å². The molecule has 0 aliphatic carbocycles. The van der Waals surface area contributed by atoms with Crippen molar-refractivity contribution in [3.63, 3.8) is 0 Å². The molecule has 0 spiro atoms. The van der Waals surface area contributed by atoms with Gasteiger partial charge in [-0.3, -0.25) is 0 Å². The van der Waals surface area contributed by atoms with Crippen molar-refractivity contribution >= 4 is 0 Å². The van der Waals surface area contributed by atoms with E-state index >= 15 is 0 Å². The van der Waals surface area contributed by atoms with Gasteiger partial charge < -0.3 is 14.2 Å². The Morgan fingerprint density at radius 1 is 0.526 bits per heavy atom. The molecule has 0 aromatic heterocycles. The molecule has 0 unspecified atom stereocenters. The van der Waals surface area contributed by atoms with Gasteiger partial charge in [-0.15, -0.1) is 0 Å². The number of ether oxygens (including phenoxy) is 3. The molecule has 0 atom stereocenters. The van der Waals surface area contributed by atoms with Crippen LogP contribution in [0.3, 0.4) is 0 Å². The highest BCUT2D eigenvalue weighted by molar-refractivity contribution is 4.37. The van der Waals surface area contributed by atoms with E-state index in [1.807, 2.05) is 6.92 Å². The first-order valence-electron chi connectivity index (χ1n) is 7.39. The molecule has 0 aromatic carbocycles. The average molecular weight is 278 g/mol. The molecule has 0 heterocycles. The van der Waals surface area contributed by atoms with E-state index in [-0.39, 0.29) is 0 Å². The van der Waals surface area contributed by atoms with Crippen LogP contribution in [0.15, 0.2) is 0 Å². The van der Waals surface area contributed by atoms with Crippen molar-refractivity contribution in [3.8, 4) is 0 Å². The van der Waals surface area contributed by atoms with Gasteiger partial charge in [0.15, 0.2) is 0 Å². The van der Waals surface area contributed by atoms with Gasteiger partial charge in [0, 0.05) is 6.61 Å². The predicted octanol–water partition coefficient (Wildman–Crippen LogP) is 2.58. The number of unbranched alkanes of at least 4 members (excludes halogenated alkanes) is 3. The lowest BCUT2D eigenvalue weighted by atomic mass is 10.2. The van der Waals surface area contributed by atoms with Crippen molar-refractivity contribution in [2.75, 3.05) is 52.9 Å². The Morgan fingerprint density at radius 3 is 1.74 bits per heavy atom. The Kier molecular flexibility index (Phi) is 17.6. The molecule has 0 amide bonds. The fourth-order valence-corrected chi connectivity index (χ4v) is 1.38. The van der Waals surface area contributed by atoms with E-state index in [0.29, 0.717) is 46.2 Å². The van der Waals surface area contributed by atoms with Gasteiger partial charge in [0.2, 0.25) is 0 Å². The van der Waals surface area contributed by atoms with Gasteiger partial charge in [-0.25, -0.2) is 9.78 Å². The minimum atomic E-state index is 0.465. The van der Waals surface area contributed by atoms with Gasteiger partial charge in [0.25, 0.3) is 0 Å². The summed E-state index contributed by atoms with van der Waals surface area (Å²) in [6, 6.07) is 0. The van der Waals surface area contributed by atoms with Crippen molar-refractivity contribution in [3.05, 3.63) is 0 Å². The van der Waals surface area contributed by atoms with Crippen LogP contribution in [-0.4, -0.2) is 52.9 Å². The fraction of sp³-hybridized carbons (Fsp3) is 1.00. The number of hydrogen-bond donors (Lipinski definition) is 0. The van der Waals surface area contributed by atoms with Gasteiger partial charge in [-0.2, -0.15) is 0 Å². The maximum Gasteiger partial charge on any atom is 0.106 e. The lowest BCUT2D eigenvalue weighted by molar-refractivity contribution is -0.299. The lowest BCUT2D eigenvalue weighted by Crippen LogP contribution is -2.12. The van der Waals surface area contributed by atoms with Crippen molar-refractivity contribution in [2.24, 2.45) is 0 Å². The van der Waals surface area contributed by atoms with Crippen molar-refractivity contribution in [2.45, 2.75) is 39.5 Å². The van der Waals surface area contributed by atoms with E-state index in [1.165, 1.54) is 19.3 Å². The van der Waals surface area contributed by atoms with Crippen LogP contribution in [0.5, 0.6) is 0 Å². The van der Waals surface area contributed by atoms with Crippen molar-refractivity contribution in [1.82, 2.24) is 0 Å². The zero-order valence-electron chi connectivity index (χ0n) is 12.5. The molecular weight excluding hydrogens is 248 g/mol. The summed E-state index contributed by atoms with van der Waals surface area (Å²) in [7, 11) is 0. The summed E-state index contributed by atoms with van der Waals surface area (Å²) in [4.78, 5) is 10.0. The molecule has 0 N–H and O–H groups in total. The van der Waals surface area contributed by atoms with E-state index in [1.54, 1.807) is 0 Å². The van der Waals surface area contributed by atoms with Crippen LogP contribution in [-0.2, 0) is 24.0 Å². The summed E-state index contributed by atoms with van der Waals surface area (Å²) in [6.07, 6.45) is 4.76. The standard InChI is InChI=1S/C14H30O5/c1-3-5-6-7-8-18-19-14-13-17-12-11-16-10-9-15-4-2/h3-14H2,1-2H3. The van der Waals surface area contributed by atoms with Gasteiger partial charge in [0.1, 0.15) is 6.61 Å². The van der Waals surface area contributed by atoms with Gasteiger partial charge in [-0.1, -0.05) is 26.2 Å². The van der Waals surface area contributed by atoms with Gasteiger partial charge in [0.05, 0.1) is 39.6 Å². The molecule has 0 fully saturated rings. The highest BCUT2D eigenvalue weighted by Gasteiger charge is 1.93. The number of rotatable bonds is 16. The second-order valence-electron chi connectivity index (χ2n) is 4.13. The van der Waals surface area contributed by atoms with Crippen LogP contribution in [0, 0.1) is 0 Å². The largest absolute Gasteiger partial charge is 0.379 e. The van der Waals surface area contributed by atoms with E-state index < -0.39 is 0 Å². The van der Waals surface area contributed by atoms with E-state index in [4.69, 9.17) is 24.0 Å². The lowest BCUT2D eigenvalue weighted by Gasteiger charge is -2.06. The monoisotopic (exact) mass is 278 g/mol. The Labute approximate surface area is 117 Å². The summed E-state index contributed by atoms with van der Waals surface area (Å²) in [5.41, 5.74) is 0. The zero-order valence-corrected chi connectivity index (χ0v) is 12.5. The van der Waals surface area contributed by atoms with E-state index in [2.05, 4.69) is 6.92 Å². The first kappa shape index (κ1) is 18.8. The third-order valence-corrected chi connectivity index (χ3v) is 2.42. The number of hydrogen-bond acceptors (Lipinski definition) is 5. The first-order chi connectivity index (χ1) is 9.41. The van der Waals surface area contributed by atoms with Gasteiger partial charge in [-0.05, 0) is 13.3 Å². The minimum absolute atomic E-state index is 0.465. The summed E-state index contributed by atoms with van der Waals surface area (Å²) < 4.78 is 15.7. The molecule has 0 aliphatic heterocycles. The highest BCUT2D eigenvalue weighted by atomic mass is 17.2. The molecule has 0 radical (unpaired) electrons. The quantitative estimate of drug-likeness (QED) is 0.247. The average Bonchev–Trinajstić information content (AvgIpc) is 2.43. The Balaban J connectivity index is 2.88. The molecule has 5 nitrogen and oxygen atoms in total. The molecule has 5 heteroatoms. The second-order valence-corrected chi connectivity index (χ2v) is 4.13. The summed E-state index contributed by atoms with van der Waals surface area (Å²) in [5, 5.41) is 0. The Bertz CT molecular complexity index is 139. The molecule has 0 aromatic rings. The van der Waals surface area contributed by atoms with E-state index in [0.717, 1.165) is 13.0 Å². The summed E-state index contributed by atoms with van der Waals surface area (Å²) >= 11 is 0. The Hall–Kier alpha value is -0.200.